The van der Waals surface area contributed by atoms with Gasteiger partial charge in [-0.3, -0.25) is 4.90 Å². The molecule has 1 aliphatic rings. The van der Waals surface area contributed by atoms with Crippen LogP contribution in [0.2, 0.25) is 0 Å². The van der Waals surface area contributed by atoms with Gasteiger partial charge in [0.05, 0.1) is 13.2 Å². The first kappa shape index (κ1) is 20.4. The van der Waals surface area contributed by atoms with Crippen LogP contribution in [-0.4, -0.2) is 46.6 Å². The lowest BCUT2D eigenvalue weighted by atomic mass is 9.87. The fourth-order valence-corrected chi connectivity index (χ4v) is 2.61. The highest BCUT2D eigenvalue weighted by atomic mass is 35.5. The average molecular weight is 366 g/mol. The Bertz CT molecular complexity index is 567. The van der Waals surface area contributed by atoms with Gasteiger partial charge in [0, 0.05) is 24.3 Å². The molecule has 0 aliphatic carbocycles. The Hall–Kier alpha value is -1.63. The number of ether oxygens (including phenoxy) is 1. The fraction of sp³-hybridized carbons (Fsp3) is 0.625. The molecule has 5 nitrogen and oxygen atoms in total. The number of carbonyl (C=O) groups is 2. The topological polar surface area (TPSA) is 66.8 Å². The summed E-state index contributed by atoms with van der Waals surface area (Å²) in [6.07, 6.45) is -4.05. The molecule has 8 heteroatoms. The molecule has 1 aliphatic heterocycles. The highest BCUT2D eigenvalue weighted by Gasteiger charge is 2.54. The third-order valence-corrected chi connectivity index (χ3v) is 4.00. The van der Waals surface area contributed by atoms with Crippen molar-refractivity contribution in [2.75, 3.05) is 19.0 Å². The van der Waals surface area contributed by atoms with Crippen LogP contribution in [0.3, 0.4) is 0 Å². The number of amides is 1. The van der Waals surface area contributed by atoms with Gasteiger partial charge in [-0.15, -0.1) is 11.6 Å². The lowest BCUT2D eigenvalue weighted by molar-refractivity contribution is -0.158. The number of rotatable bonds is 5. The van der Waals surface area contributed by atoms with Gasteiger partial charge < -0.3 is 9.84 Å². The zero-order chi connectivity index (χ0) is 18.7. The highest BCUT2D eigenvalue weighted by Crippen LogP contribution is 2.41. The van der Waals surface area contributed by atoms with Gasteiger partial charge in [-0.05, 0) is 5.41 Å². The largest absolute Gasteiger partial charge is 0.465 e. The minimum atomic E-state index is -1.98. The summed E-state index contributed by atoms with van der Waals surface area (Å²) in [6, 6.07) is 0. The van der Waals surface area contributed by atoms with Crippen LogP contribution in [0.5, 0.6) is 0 Å². The van der Waals surface area contributed by atoms with E-state index in [9.17, 15) is 23.5 Å². The van der Waals surface area contributed by atoms with Crippen molar-refractivity contribution in [3.8, 4) is 0 Å². The highest BCUT2D eigenvalue weighted by molar-refractivity contribution is 6.19. The van der Waals surface area contributed by atoms with Crippen LogP contribution in [0, 0.1) is 5.41 Å². The van der Waals surface area contributed by atoms with Gasteiger partial charge in [-0.25, -0.2) is 9.59 Å². The number of nitrogens with zero attached hydrogens (tertiary/aromatic N) is 1. The fourth-order valence-electron chi connectivity index (χ4n) is 2.51. The first-order chi connectivity index (χ1) is 10.9. The second-order valence-electron chi connectivity index (χ2n) is 7.14. The summed E-state index contributed by atoms with van der Waals surface area (Å²) in [7, 11) is 0. The Kier molecular flexibility index (Phi) is 6.38. The predicted molar refractivity (Wildman–Crippen MR) is 86.2 cm³/mol. The van der Waals surface area contributed by atoms with Crippen molar-refractivity contribution in [1.82, 2.24) is 4.90 Å². The van der Waals surface area contributed by atoms with Crippen molar-refractivity contribution < 1.29 is 28.2 Å². The number of hydrogen-bond donors (Lipinski definition) is 1. The van der Waals surface area contributed by atoms with Gasteiger partial charge in [-0.2, -0.15) is 8.78 Å². The van der Waals surface area contributed by atoms with Crippen molar-refractivity contribution in [2.45, 2.75) is 39.2 Å². The van der Waals surface area contributed by atoms with Gasteiger partial charge in [0.2, 0.25) is 0 Å². The van der Waals surface area contributed by atoms with E-state index >= 15 is 0 Å². The van der Waals surface area contributed by atoms with Crippen LogP contribution in [0.4, 0.5) is 13.6 Å². The molecule has 0 aromatic rings. The number of carbonyl (C=O) groups excluding carboxylic acids is 1. The van der Waals surface area contributed by atoms with E-state index in [0.717, 1.165) is 0 Å². The molecule has 136 valence electrons. The minimum Gasteiger partial charge on any atom is -0.465 e. The van der Waals surface area contributed by atoms with Crippen LogP contribution in [0.15, 0.2) is 23.8 Å². The number of likely N-dealkylation sites (tertiary alicyclic amines) is 1. The molecule has 1 rings (SSSR count). The zero-order valence-electron chi connectivity index (χ0n) is 14.0. The maximum atomic E-state index is 13.0. The summed E-state index contributed by atoms with van der Waals surface area (Å²) < 4.78 is 31.3. The molecule has 1 N–H and O–H groups in total. The van der Waals surface area contributed by atoms with Crippen LogP contribution in [0.1, 0.15) is 33.6 Å². The quantitative estimate of drug-likeness (QED) is 0.453. The molecule has 1 saturated heterocycles. The molecule has 0 radical (unpaired) electrons. The molecule has 0 aromatic heterocycles. The van der Waals surface area contributed by atoms with E-state index in [-0.39, 0.29) is 24.3 Å². The second-order valence-corrected chi connectivity index (χ2v) is 7.41. The van der Waals surface area contributed by atoms with Crippen molar-refractivity contribution in [2.24, 2.45) is 5.41 Å². The molecule has 24 heavy (non-hydrogen) atoms. The number of alkyl halides is 1. The van der Waals surface area contributed by atoms with Crippen molar-refractivity contribution in [3.05, 3.63) is 23.8 Å². The predicted octanol–water partition coefficient (Wildman–Crippen LogP) is 4.03. The van der Waals surface area contributed by atoms with Crippen LogP contribution in [0.25, 0.3) is 0 Å². The standard InChI is InChI=1S/C16H22ClF2NO4/c1-10(7-17)5-16(13(21)24-9-15(2,3)4)6-11(12(18)19)8-20(16)14(22)23/h1,5-9H2,2-4H3,(H,22,23). The maximum absolute atomic E-state index is 13.0. The van der Waals surface area contributed by atoms with E-state index in [1.807, 2.05) is 20.8 Å². The summed E-state index contributed by atoms with van der Waals surface area (Å²) in [5, 5.41) is 9.40. The Labute approximate surface area is 144 Å². The van der Waals surface area contributed by atoms with Gasteiger partial charge in [0.25, 0.3) is 6.08 Å². The molecule has 0 aromatic carbocycles. The first-order valence-corrected chi connectivity index (χ1v) is 7.90. The van der Waals surface area contributed by atoms with E-state index in [1.54, 1.807) is 0 Å². The Morgan fingerprint density at radius 1 is 1.42 bits per heavy atom. The third-order valence-electron chi connectivity index (χ3n) is 3.62. The number of halogens is 3. The smallest absolute Gasteiger partial charge is 0.408 e. The summed E-state index contributed by atoms with van der Waals surface area (Å²) >= 11 is 5.70. The van der Waals surface area contributed by atoms with E-state index in [0.29, 0.717) is 10.5 Å². The maximum Gasteiger partial charge on any atom is 0.408 e. The van der Waals surface area contributed by atoms with E-state index in [2.05, 4.69) is 6.58 Å². The molecular weight excluding hydrogens is 344 g/mol. The molecule has 1 unspecified atom stereocenters. The van der Waals surface area contributed by atoms with Gasteiger partial charge in [-0.1, -0.05) is 32.9 Å². The Morgan fingerprint density at radius 2 is 2.00 bits per heavy atom. The van der Waals surface area contributed by atoms with Gasteiger partial charge in [0.1, 0.15) is 0 Å². The van der Waals surface area contributed by atoms with Crippen LogP contribution in [-0.2, 0) is 9.53 Å². The van der Waals surface area contributed by atoms with E-state index < -0.39 is 42.2 Å². The average Bonchev–Trinajstić information content (AvgIpc) is 2.85. The number of carboxylic acid groups (broad SMARTS) is 1. The molecular formula is C16H22ClF2NO4. The summed E-state index contributed by atoms with van der Waals surface area (Å²) in [5.41, 5.74) is -2.14. The Balaban J connectivity index is 3.26. The molecule has 1 heterocycles. The molecule has 0 spiro atoms. The normalized spacial score (nSPS) is 20.9. The van der Waals surface area contributed by atoms with Crippen LogP contribution >= 0.6 is 11.6 Å². The van der Waals surface area contributed by atoms with Crippen molar-refractivity contribution in [1.29, 1.82) is 0 Å². The SMILES string of the molecule is C=C(CCl)CC1(C(=O)OCC(C)(C)C)CC(=C(F)F)CN1C(=O)O. The number of hydrogen-bond acceptors (Lipinski definition) is 3. The lowest BCUT2D eigenvalue weighted by Crippen LogP contribution is -2.54. The van der Waals surface area contributed by atoms with Crippen molar-refractivity contribution in [3.63, 3.8) is 0 Å². The number of esters is 1. The van der Waals surface area contributed by atoms with Crippen LogP contribution < -0.4 is 0 Å². The first-order valence-electron chi connectivity index (χ1n) is 7.36. The molecule has 1 atom stereocenters. The van der Waals surface area contributed by atoms with E-state index in [4.69, 9.17) is 16.3 Å². The summed E-state index contributed by atoms with van der Waals surface area (Å²) in [5.74, 6) is -0.874. The molecule has 0 bridgehead atoms. The molecule has 1 fully saturated rings. The molecule has 1 amide bonds. The summed E-state index contributed by atoms with van der Waals surface area (Å²) in [6.45, 7) is 8.67. The Morgan fingerprint density at radius 3 is 2.42 bits per heavy atom. The monoisotopic (exact) mass is 365 g/mol. The summed E-state index contributed by atoms with van der Waals surface area (Å²) in [4.78, 5) is 24.9. The van der Waals surface area contributed by atoms with Crippen molar-refractivity contribution >= 4 is 23.7 Å². The second kappa shape index (κ2) is 7.51. The van der Waals surface area contributed by atoms with Gasteiger partial charge >= 0.3 is 12.1 Å². The zero-order valence-corrected chi connectivity index (χ0v) is 14.8. The third kappa shape index (κ3) is 4.69. The molecule has 0 saturated carbocycles. The van der Waals surface area contributed by atoms with Gasteiger partial charge in [0.15, 0.2) is 5.54 Å². The minimum absolute atomic E-state index is 0.0150. The van der Waals surface area contributed by atoms with E-state index in [1.165, 1.54) is 0 Å². The lowest BCUT2D eigenvalue weighted by Gasteiger charge is -2.35.